The summed E-state index contributed by atoms with van der Waals surface area (Å²) in [5, 5.41) is 8.76. The molecule has 1 aromatic carbocycles. The molecular weight excluding hydrogens is 368 g/mol. The van der Waals surface area contributed by atoms with E-state index in [1.165, 1.54) is 5.56 Å². The second kappa shape index (κ2) is 7.15. The molecule has 1 spiro atoms. The molecule has 0 saturated carbocycles. The van der Waals surface area contributed by atoms with Crippen LogP contribution in [0.4, 0.5) is 0 Å². The highest BCUT2D eigenvalue weighted by atomic mass is 16.5. The highest BCUT2D eigenvalue weighted by Crippen LogP contribution is 2.41. The number of piperidine rings is 1. The molecule has 1 fully saturated rings. The first-order chi connectivity index (χ1) is 14.1. The van der Waals surface area contributed by atoms with Crippen molar-refractivity contribution in [2.45, 2.75) is 38.2 Å². The highest BCUT2D eigenvalue weighted by Gasteiger charge is 2.44. The summed E-state index contributed by atoms with van der Waals surface area (Å²) in [5.41, 5.74) is 3.73. The third kappa shape index (κ3) is 3.35. The summed E-state index contributed by atoms with van der Waals surface area (Å²) in [5.74, 6) is 0.687. The summed E-state index contributed by atoms with van der Waals surface area (Å²) in [6.45, 7) is 3.86. The minimum Gasteiger partial charge on any atom is -0.368 e. The molecule has 0 aliphatic carbocycles. The average molecular weight is 392 g/mol. The van der Waals surface area contributed by atoms with Crippen molar-refractivity contribution >= 4 is 5.91 Å². The molecule has 3 aromatic rings. The number of fused-ring (bicyclic) bond motifs is 2. The van der Waals surface area contributed by atoms with Crippen LogP contribution in [0.2, 0.25) is 0 Å². The number of para-hydroxylation sites is 1. The highest BCUT2D eigenvalue weighted by molar-refractivity contribution is 5.78. The van der Waals surface area contributed by atoms with E-state index in [2.05, 4.69) is 23.5 Å². The molecule has 0 unspecified atom stereocenters. The predicted octanol–water partition coefficient (Wildman–Crippen LogP) is 2.80. The fraction of sp³-hybridized carbons (Fsp3) is 0.409. The van der Waals surface area contributed by atoms with Crippen molar-refractivity contribution in [1.29, 1.82) is 0 Å². The molecule has 0 radical (unpaired) electrons. The summed E-state index contributed by atoms with van der Waals surface area (Å²) >= 11 is 0. The number of rotatable bonds is 3. The fourth-order valence-corrected chi connectivity index (χ4v) is 4.37. The Balaban J connectivity index is 1.32. The Morgan fingerprint density at radius 3 is 2.72 bits per heavy atom. The van der Waals surface area contributed by atoms with Gasteiger partial charge in [0.25, 0.3) is 0 Å². The smallest absolute Gasteiger partial charge is 0.230 e. The maximum atomic E-state index is 12.7. The van der Waals surface area contributed by atoms with E-state index in [0.29, 0.717) is 25.5 Å². The number of hydrogen-bond acceptors (Lipinski definition) is 5. The van der Waals surface area contributed by atoms with Crippen LogP contribution in [0.5, 0.6) is 0 Å². The molecule has 1 saturated heterocycles. The van der Waals surface area contributed by atoms with Gasteiger partial charge in [-0.05, 0) is 43.9 Å². The van der Waals surface area contributed by atoms with Crippen molar-refractivity contribution in [3.05, 3.63) is 65.3 Å². The summed E-state index contributed by atoms with van der Waals surface area (Å²) in [6.07, 6.45) is 4.76. The zero-order chi connectivity index (χ0) is 19.8. The maximum absolute atomic E-state index is 12.7. The van der Waals surface area contributed by atoms with Crippen LogP contribution < -0.4 is 0 Å². The van der Waals surface area contributed by atoms with E-state index in [4.69, 9.17) is 14.4 Å². The number of ether oxygens (including phenoxy) is 1. The topological polar surface area (TPSA) is 73.4 Å². The number of aromatic nitrogens is 3. The summed E-state index contributed by atoms with van der Waals surface area (Å²) in [6, 6.07) is 12.0. The maximum Gasteiger partial charge on any atom is 0.230 e. The normalized spacial score (nSPS) is 18.0. The van der Waals surface area contributed by atoms with Crippen LogP contribution in [-0.2, 0) is 28.0 Å². The van der Waals surface area contributed by atoms with Crippen molar-refractivity contribution in [3.8, 4) is 5.69 Å². The Morgan fingerprint density at radius 2 is 2.00 bits per heavy atom. The molecule has 0 atom stereocenters. The van der Waals surface area contributed by atoms with Crippen LogP contribution in [0.15, 0.2) is 47.1 Å². The van der Waals surface area contributed by atoms with E-state index in [1.807, 2.05) is 40.8 Å². The van der Waals surface area contributed by atoms with E-state index in [-0.39, 0.29) is 12.3 Å². The minimum absolute atomic E-state index is 0.0712. The molecule has 0 N–H and O–H groups in total. The number of amides is 1. The van der Waals surface area contributed by atoms with Crippen LogP contribution in [0.1, 0.15) is 35.6 Å². The second-order valence-electron chi connectivity index (χ2n) is 7.87. The molecular formula is C22H24N4O3. The summed E-state index contributed by atoms with van der Waals surface area (Å²) in [7, 11) is 0. The molecule has 2 aromatic heterocycles. The quantitative estimate of drug-likeness (QED) is 0.685. The molecule has 1 amide bonds. The van der Waals surface area contributed by atoms with E-state index < -0.39 is 5.60 Å². The fourth-order valence-electron chi connectivity index (χ4n) is 4.37. The Morgan fingerprint density at radius 1 is 1.21 bits per heavy atom. The van der Waals surface area contributed by atoms with Crippen LogP contribution in [0.3, 0.4) is 0 Å². The van der Waals surface area contributed by atoms with Crippen molar-refractivity contribution in [2.75, 3.05) is 19.7 Å². The third-order valence-corrected chi connectivity index (χ3v) is 5.92. The first-order valence-corrected chi connectivity index (χ1v) is 10.1. The Hall–Kier alpha value is -2.93. The molecule has 7 heteroatoms. The largest absolute Gasteiger partial charge is 0.368 e. The Labute approximate surface area is 169 Å². The van der Waals surface area contributed by atoms with Crippen LogP contribution in [0, 0.1) is 6.92 Å². The van der Waals surface area contributed by atoms with Gasteiger partial charge in [0.2, 0.25) is 5.91 Å². The summed E-state index contributed by atoms with van der Waals surface area (Å²) < 4.78 is 13.4. The zero-order valence-electron chi connectivity index (χ0n) is 16.5. The van der Waals surface area contributed by atoms with Gasteiger partial charge in [0, 0.05) is 25.4 Å². The summed E-state index contributed by atoms with van der Waals surface area (Å²) in [4.78, 5) is 14.6. The predicted molar refractivity (Wildman–Crippen MR) is 106 cm³/mol. The van der Waals surface area contributed by atoms with Gasteiger partial charge in [-0.25, -0.2) is 4.68 Å². The lowest BCUT2D eigenvalue weighted by atomic mass is 9.83. The number of carbonyl (C=O) groups excluding carboxylic acids is 1. The first kappa shape index (κ1) is 18.1. The molecule has 150 valence electrons. The van der Waals surface area contributed by atoms with Gasteiger partial charge in [-0.15, -0.1) is 0 Å². The minimum atomic E-state index is -0.396. The third-order valence-electron chi connectivity index (χ3n) is 5.92. The lowest BCUT2D eigenvalue weighted by molar-refractivity contribution is -0.140. The van der Waals surface area contributed by atoms with E-state index in [9.17, 15) is 4.79 Å². The number of nitrogens with zero attached hydrogens (tertiary/aromatic N) is 4. The SMILES string of the molecule is Cc1cc(CC(=O)N2CCC3(CC2)OCCc2cn(-c4ccccc4)nc23)on1. The monoisotopic (exact) mass is 392 g/mol. The van der Waals surface area contributed by atoms with Crippen molar-refractivity contribution in [1.82, 2.24) is 19.8 Å². The molecule has 29 heavy (non-hydrogen) atoms. The number of aryl methyl sites for hydroxylation is 1. The van der Waals surface area contributed by atoms with E-state index in [1.54, 1.807) is 0 Å². The number of hydrogen-bond donors (Lipinski definition) is 0. The van der Waals surface area contributed by atoms with Gasteiger partial charge in [0.15, 0.2) is 0 Å². The Kier molecular flexibility index (Phi) is 4.47. The lowest BCUT2D eigenvalue weighted by Crippen LogP contribution is -2.48. The standard InChI is InChI=1S/C22H24N4O3/c1-16-13-19(29-24-16)14-20(27)25-10-8-22(9-11-25)21-17(7-12-28-22)15-26(23-21)18-5-3-2-4-6-18/h2-6,13,15H,7-12,14H2,1H3. The van der Waals surface area contributed by atoms with Crippen molar-refractivity contribution in [3.63, 3.8) is 0 Å². The molecule has 2 aliphatic heterocycles. The zero-order valence-corrected chi connectivity index (χ0v) is 16.5. The van der Waals surface area contributed by atoms with Gasteiger partial charge >= 0.3 is 0 Å². The molecule has 7 nitrogen and oxygen atoms in total. The van der Waals surface area contributed by atoms with Gasteiger partial charge in [0.1, 0.15) is 11.4 Å². The van der Waals surface area contributed by atoms with Gasteiger partial charge in [-0.1, -0.05) is 23.4 Å². The average Bonchev–Trinajstić information content (AvgIpc) is 3.36. The Bertz CT molecular complexity index is 1020. The number of carbonyl (C=O) groups is 1. The van der Waals surface area contributed by atoms with Crippen LogP contribution in [0.25, 0.3) is 5.69 Å². The van der Waals surface area contributed by atoms with Gasteiger partial charge in [-0.3, -0.25) is 4.79 Å². The van der Waals surface area contributed by atoms with Gasteiger partial charge in [0.05, 0.1) is 30.1 Å². The van der Waals surface area contributed by atoms with Crippen molar-refractivity contribution < 1.29 is 14.1 Å². The van der Waals surface area contributed by atoms with E-state index in [0.717, 1.165) is 36.3 Å². The number of benzene rings is 1. The van der Waals surface area contributed by atoms with Crippen LogP contribution >= 0.6 is 0 Å². The number of likely N-dealkylation sites (tertiary alicyclic amines) is 1. The van der Waals surface area contributed by atoms with Crippen LogP contribution in [-0.4, -0.2) is 45.4 Å². The van der Waals surface area contributed by atoms with Crippen molar-refractivity contribution in [2.24, 2.45) is 0 Å². The van der Waals surface area contributed by atoms with Gasteiger partial charge in [-0.2, -0.15) is 5.10 Å². The second-order valence-corrected chi connectivity index (χ2v) is 7.87. The molecule has 2 aliphatic rings. The first-order valence-electron chi connectivity index (χ1n) is 10.1. The molecule has 4 heterocycles. The van der Waals surface area contributed by atoms with Gasteiger partial charge < -0.3 is 14.2 Å². The molecule has 5 rings (SSSR count). The lowest BCUT2D eigenvalue weighted by Gasteiger charge is -2.43. The van der Waals surface area contributed by atoms with E-state index >= 15 is 0 Å². The molecule has 0 bridgehead atoms.